The molecule has 1 fully saturated rings. The first kappa shape index (κ1) is 13.4. The maximum absolute atomic E-state index is 11.9. The highest BCUT2D eigenvalue weighted by atomic mass is 32.2. The lowest BCUT2D eigenvalue weighted by Gasteiger charge is -2.31. The van der Waals surface area contributed by atoms with Crippen molar-refractivity contribution in [2.75, 3.05) is 19.6 Å². The van der Waals surface area contributed by atoms with Gasteiger partial charge in [-0.2, -0.15) is 12.7 Å². The van der Waals surface area contributed by atoms with Gasteiger partial charge in [-0.1, -0.05) is 13.8 Å². The lowest BCUT2D eigenvalue weighted by Crippen LogP contribution is -2.58. The Hall–Kier alpha value is -0.660. The topological polar surface area (TPSA) is 78.5 Å². The van der Waals surface area contributed by atoms with E-state index in [1.807, 2.05) is 13.8 Å². The van der Waals surface area contributed by atoms with Gasteiger partial charge in [0.2, 0.25) is 5.91 Å². The van der Waals surface area contributed by atoms with Crippen LogP contribution in [0.4, 0.5) is 0 Å². The minimum atomic E-state index is -3.54. The highest BCUT2D eigenvalue weighted by Crippen LogP contribution is 2.09. The van der Waals surface area contributed by atoms with Gasteiger partial charge in [0.25, 0.3) is 10.2 Å². The van der Waals surface area contributed by atoms with Gasteiger partial charge in [0, 0.05) is 19.6 Å². The number of hydrogen-bond donors (Lipinski definition) is 2. The number of nitrogens with zero attached hydrogens (tertiary/aromatic N) is 1. The Morgan fingerprint density at radius 2 is 2.19 bits per heavy atom. The van der Waals surface area contributed by atoms with Gasteiger partial charge in [0.15, 0.2) is 0 Å². The van der Waals surface area contributed by atoms with Crippen molar-refractivity contribution in [2.45, 2.75) is 26.8 Å². The summed E-state index contributed by atoms with van der Waals surface area (Å²) in [4.78, 5) is 11.3. The van der Waals surface area contributed by atoms with Crippen LogP contribution in [-0.2, 0) is 15.0 Å². The molecule has 1 saturated heterocycles. The van der Waals surface area contributed by atoms with Crippen LogP contribution in [-0.4, -0.2) is 44.3 Å². The quantitative estimate of drug-likeness (QED) is 0.691. The third-order valence-corrected chi connectivity index (χ3v) is 4.07. The summed E-state index contributed by atoms with van der Waals surface area (Å²) in [6, 6.07) is -0.640. The number of nitrogens with one attached hydrogen (secondary N) is 2. The normalized spacial score (nSPS) is 23.5. The van der Waals surface area contributed by atoms with Gasteiger partial charge in [-0.05, 0) is 12.8 Å². The average Bonchev–Trinajstić information content (AvgIpc) is 2.19. The van der Waals surface area contributed by atoms with E-state index in [-0.39, 0.29) is 11.8 Å². The summed E-state index contributed by atoms with van der Waals surface area (Å²) in [7, 11) is -3.54. The fourth-order valence-corrected chi connectivity index (χ4v) is 3.00. The molecule has 1 atom stereocenters. The highest BCUT2D eigenvalue weighted by Gasteiger charge is 2.34. The summed E-state index contributed by atoms with van der Waals surface area (Å²) in [5.74, 6) is -0.00938. The van der Waals surface area contributed by atoms with Crippen molar-refractivity contribution >= 4 is 16.1 Å². The molecular weight excluding hydrogens is 230 g/mol. The summed E-state index contributed by atoms with van der Waals surface area (Å²) >= 11 is 0. The van der Waals surface area contributed by atoms with E-state index in [0.29, 0.717) is 19.6 Å². The number of carbonyl (C=O) groups excluding carboxylic acids is 1. The molecule has 1 rings (SSSR count). The van der Waals surface area contributed by atoms with E-state index in [2.05, 4.69) is 10.0 Å². The van der Waals surface area contributed by atoms with Crippen LogP contribution in [0.3, 0.4) is 0 Å². The van der Waals surface area contributed by atoms with Gasteiger partial charge in [0.1, 0.15) is 6.04 Å². The van der Waals surface area contributed by atoms with E-state index in [0.717, 1.165) is 0 Å². The first-order valence-electron chi connectivity index (χ1n) is 5.38. The van der Waals surface area contributed by atoms with E-state index in [1.165, 1.54) is 4.31 Å². The minimum absolute atomic E-state index is 0.240. The molecule has 0 bridgehead atoms. The molecule has 0 radical (unpaired) electrons. The Morgan fingerprint density at radius 3 is 2.75 bits per heavy atom. The first-order valence-corrected chi connectivity index (χ1v) is 6.82. The molecule has 1 aliphatic heterocycles. The Morgan fingerprint density at radius 1 is 1.56 bits per heavy atom. The SMILES string of the molecule is CC(C)CNS(=O)(=O)N1CCNC(=O)C1C. The molecule has 16 heavy (non-hydrogen) atoms. The van der Waals surface area contributed by atoms with Crippen molar-refractivity contribution in [2.24, 2.45) is 5.92 Å². The molecule has 0 spiro atoms. The molecule has 0 aliphatic carbocycles. The summed E-state index contributed by atoms with van der Waals surface area (Å²) in [5, 5.41) is 2.63. The second-order valence-corrected chi connectivity index (χ2v) is 6.03. The van der Waals surface area contributed by atoms with Crippen LogP contribution in [0, 0.1) is 5.92 Å². The zero-order valence-corrected chi connectivity index (χ0v) is 10.7. The second-order valence-electron chi connectivity index (χ2n) is 4.33. The van der Waals surface area contributed by atoms with E-state index in [1.54, 1.807) is 6.92 Å². The van der Waals surface area contributed by atoms with Crippen molar-refractivity contribution in [1.82, 2.24) is 14.3 Å². The average molecular weight is 249 g/mol. The van der Waals surface area contributed by atoms with Crippen molar-refractivity contribution in [3.63, 3.8) is 0 Å². The van der Waals surface area contributed by atoms with Gasteiger partial charge in [0.05, 0.1) is 0 Å². The number of amides is 1. The lowest BCUT2D eigenvalue weighted by molar-refractivity contribution is -0.126. The third-order valence-electron chi connectivity index (χ3n) is 2.43. The minimum Gasteiger partial charge on any atom is -0.353 e. The van der Waals surface area contributed by atoms with Crippen LogP contribution in [0.15, 0.2) is 0 Å². The van der Waals surface area contributed by atoms with Crippen LogP contribution >= 0.6 is 0 Å². The summed E-state index contributed by atoms with van der Waals surface area (Å²) < 4.78 is 27.5. The van der Waals surface area contributed by atoms with Gasteiger partial charge < -0.3 is 5.32 Å². The van der Waals surface area contributed by atoms with Crippen LogP contribution in [0.2, 0.25) is 0 Å². The molecule has 7 heteroatoms. The summed E-state index contributed by atoms with van der Waals surface area (Å²) in [6.07, 6.45) is 0. The summed E-state index contributed by atoms with van der Waals surface area (Å²) in [5.41, 5.74) is 0. The smallest absolute Gasteiger partial charge is 0.280 e. The van der Waals surface area contributed by atoms with E-state index >= 15 is 0 Å². The number of rotatable bonds is 4. The molecule has 94 valence electrons. The Bertz CT molecular complexity index is 353. The molecule has 1 amide bonds. The van der Waals surface area contributed by atoms with Crippen LogP contribution < -0.4 is 10.0 Å². The van der Waals surface area contributed by atoms with Gasteiger partial charge in [-0.25, -0.2) is 4.72 Å². The molecule has 1 aliphatic rings. The van der Waals surface area contributed by atoms with Crippen molar-refractivity contribution < 1.29 is 13.2 Å². The molecule has 0 aromatic rings. The largest absolute Gasteiger partial charge is 0.353 e. The number of carbonyl (C=O) groups is 1. The van der Waals surface area contributed by atoms with Crippen molar-refractivity contribution in [3.05, 3.63) is 0 Å². The molecule has 1 heterocycles. The highest BCUT2D eigenvalue weighted by molar-refractivity contribution is 7.87. The fraction of sp³-hybridized carbons (Fsp3) is 0.889. The molecule has 0 aromatic carbocycles. The third kappa shape index (κ3) is 3.16. The maximum Gasteiger partial charge on any atom is 0.280 e. The predicted molar refractivity (Wildman–Crippen MR) is 60.9 cm³/mol. The van der Waals surface area contributed by atoms with Crippen LogP contribution in [0.5, 0.6) is 0 Å². The fourth-order valence-electron chi connectivity index (χ4n) is 1.44. The van der Waals surface area contributed by atoms with Crippen LogP contribution in [0.25, 0.3) is 0 Å². The van der Waals surface area contributed by atoms with Gasteiger partial charge in [-0.15, -0.1) is 0 Å². The van der Waals surface area contributed by atoms with Gasteiger partial charge in [-0.3, -0.25) is 4.79 Å². The Balaban J connectivity index is 2.70. The molecule has 1 unspecified atom stereocenters. The standard InChI is InChI=1S/C9H19N3O3S/c1-7(2)6-11-16(14,15)12-5-4-10-9(13)8(12)3/h7-8,11H,4-6H2,1-3H3,(H,10,13). The predicted octanol–water partition coefficient (Wildman–Crippen LogP) is -0.703. The Kier molecular flexibility index (Phi) is 4.28. The first-order chi connectivity index (χ1) is 7.34. The molecule has 2 N–H and O–H groups in total. The lowest BCUT2D eigenvalue weighted by atomic mass is 10.2. The second kappa shape index (κ2) is 5.11. The zero-order valence-electron chi connectivity index (χ0n) is 9.86. The molecule has 0 aromatic heterocycles. The Labute approximate surface area is 96.6 Å². The monoisotopic (exact) mass is 249 g/mol. The molecular formula is C9H19N3O3S. The molecule has 0 saturated carbocycles. The van der Waals surface area contributed by atoms with Crippen molar-refractivity contribution in [1.29, 1.82) is 0 Å². The van der Waals surface area contributed by atoms with Crippen LogP contribution in [0.1, 0.15) is 20.8 Å². The van der Waals surface area contributed by atoms with E-state index < -0.39 is 16.3 Å². The van der Waals surface area contributed by atoms with Gasteiger partial charge >= 0.3 is 0 Å². The number of piperazine rings is 1. The van der Waals surface area contributed by atoms with E-state index in [9.17, 15) is 13.2 Å². The molecule has 6 nitrogen and oxygen atoms in total. The van der Waals surface area contributed by atoms with Crippen molar-refractivity contribution in [3.8, 4) is 0 Å². The number of hydrogen-bond acceptors (Lipinski definition) is 3. The zero-order chi connectivity index (χ0) is 12.3. The summed E-state index contributed by atoms with van der Waals surface area (Å²) in [6.45, 7) is 6.51. The maximum atomic E-state index is 11.9. The van der Waals surface area contributed by atoms with E-state index in [4.69, 9.17) is 0 Å².